The molecule has 1 saturated heterocycles. The zero-order valence-corrected chi connectivity index (χ0v) is 14.4. The summed E-state index contributed by atoms with van der Waals surface area (Å²) < 4.78 is 0. The molecular weight excluding hydrogens is 356 g/mol. The third kappa shape index (κ3) is 2.90. The number of carbonyl (C=O) groups excluding carboxylic acids is 3. The zero-order chi connectivity index (χ0) is 18.3. The average molecular weight is 371 g/mol. The minimum atomic E-state index is -0.423. The highest BCUT2D eigenvalue weighted by molar-refractivity contribution is 6.29. The predicted molar refractivity (Wildman–Crippen MR) is 96.3 cm³/mol. The molecule has 0 radical (unpaired) electrons. The first kappa shape index (κ1) is 16.5. The molecule has 1 aromatic heterocycles. The first-order valence-corrected chi connectivity index (χ1v) is 8.59. The Morgan fingerprint density at radius 2 is 2.12 bits per heavy atom. The number of anilines is 2. The third-order valence-corrected chi connectivity index (χ3v) is 4.80. The molecule has 2 aliphatic rings. The molecule has 3 amide bonds. The number of nitrogens with zero attached hydrogens (tertiary/aromatic N) is 2. The summed E-state index contributed by atoms with van der Waals surface area (Å²) in [5.74, 6) is -0.734. The van der Waals surface area contributed by atoms with E-state index in [4.69, 9.17) is 11.6 Å². The van der Waals surface area contributed by atoms with E-state index in [1.54, 1.807) is 29.2 Å². The van der Waals surface area contributed by atoms with Gasteiger partial charge in [0.15, 0.2) is 0 Å². The Morgan fingerprint density at radius 3 is 2.88 bits per heavy atom. The standard InChI is InChI=1S/C18H15ClN4O3/c19-15-6-3-10(9-20-15)16(24)21-11-4-5-13-12(8-11)18(26)23-7-1-2-14(23)17(25)22-13/h3-6,8-9,14H,1-2,7H2,(H,21,24)(H,22,25). The van der Waals surface area contributed by atoms with Gasteiger partial charge in [0.1, 0.15) is 11.2 Å². The van der Waals surface area contributed by atoms with Crippen molar-refractivity contribution in [3.05, 3.63) is 52.8 Å². The van der Waals surface area contributed by atoms with Gasteiger partial charge < -0.3 is 15.5 Å². The Labute approximate surface area is 154 Å². The highest BCUT2D eigenvalue weighted by Gasteiger charge is 2.38. The summed E-state index contributed by atoms with van der Waals surface area (Å²) in [6, 6.07) is 7.52. The molecule has 0 aliphatic carbocycles. The van der Waals surface area contributed by atoms with Gasteiger partial charge in [0, 0.05) is 18.4 Å². The fraction of sp³-hybridized carbons (Fsp3) is 0.222. The maximum Gasteiger partial charge on any atom is 0.257 e. The van der Waals surface area contributed by atoms with Gasteiger partial charge in [-0.15, -0.1) is 0 Å². The number of rotatable bonds is 2. The van der Waals surface area contributed by atoms with Crippen LogP contribution in [0.4, 0.5) is 11.4 Å². The molecule has 132 valence electrons. The van der Waals surface area contributed by atoms with Crippen molar-refractivity contribution >= 4 is 40.7 Å². The smallest absolute Gasteiger partial charge is 0.257 e. The fourth-order valence-electron chi connectivity index (χ4n) is 3.27. The Balaban J connectivity index is 1.62. The SMILES string of the molecule is O=C(Nc1ccc2c(c1)C(=O)N1CCCC1C(=O)N2)c1ccc(Cl)nc1. The molecule has 8 heteroatoms. The summed E-state index contributed by atoms with van der Waals surface area (Å²) in [4.78, 5) is 42.9. The van der Waals surface area contributed by atoms with Gasteiger partial charge in [-0.05, 0) is 43.2 Å². The van der Waals surface area contributed by atoms with Crippen LogP contribution in [0.5, 0.6) is 0 Å². The lowest BCUT2D eigenvalue weighted by Crippen LogP contribution is -2.40. The van der Waals surface area contributed by atoms with Crippen molar-refractivity contribution in [3.63, 3.8) is 0 Å². The lowest BCUT2D eigenvalue weighted by molar-refractivity contribution is -0.119. The number of fused-ring (bicyclic) bond motifs is 2. The Kier molecular flexibility index (Phi) is 4.08. The van der Waals surface area contributed by atoms with E-state index >= 15 is 0 Å². The Hall–Kier alpha value is -2.93. The van der Waals surface area contributed by atoms with E-state index in [1.165, 1.54) is 12.3 Å². The minimum Gasteiger partial charge on any atom is -0.327 e. The molecular formula is C18H15ClN4O3. The molecule has 4 rings (SSSR count). The maximum atomic E-state index is 12.8. The van der Waals surface area contributed by atoms with E-state index in [9.17, 15) is 14.4 Å². The molecule has 0 spiro atoms. The Bertz CT molecular complexity index is 913. The number of hydrogen-bond donors (Lipinski definition) is 2. The first-order chi connectivity index (χ1) is 12.5. The molecule has 2 aliphatic heterocycles. The van der Waals surface area contributed by atoms with Crippen molar-refractivity contribution in [3.8, 4) is 0 Å². The van der Waals surface area contributed by atoms with Gasteiger partial charge in [-0.2, -0.15) is 0 Å². The second-order valence-electron chi connectivity index (χ2n) is 6.23. The van der Waals surface area contributed by atoms with Crippen LogP contribution < -0.4 is 10.6 Å². The summed E-state index contributed by atoms with van der Waals surface area (Å²) in [5.41, 5.74) is 1.64. The number of amides is 3. The predicted octanol–water partition coefficient (Wildman–Crippen LogP) is 2.54. The number of carbonyl (C=O) groups is 3. The average Bonchev–Trinajstić information content (AvgIpc) is 3.09. The van der Waals surface area contributed by atoms with Crippen LogP contribution in [0.2, 0.25) is 5.15 Å². The van der Waals surface area contributed by atoms with Crippen molar-refractivity contribution in [2.24, 2.45) is 0 Å². The van der Waals surface area contributed by atoms with E-state index in [-0.39, 0.29) is 17.7 Å². The largest absolute Gasteiger partial charge is 0.327 e. The zero-order valence-electron chi connectivity index (χ0n) is 13.7. The van der Waals surface area contributed by atoms with Crippen molar-refractivity contribution in [1.29, 1.82) is 0 Å². The normalized spacial score (nSPS) is 18.7. The van der Waals surface area contributed by atoms with Crippen LogP contribution in [0.15, 0.2) is 36.5 Å². The second kappa shape index (κ2) is 6.42. The summed E-state index contributed by atoms with van der Waals surface area (Å²) in [6.07, 6.45) is 2.85. The lowest BCUT2D eigenvalue weighted by atomic mass is 10.1. The number of hydrogen-bond acceptors (Lipinski definition) is 4. The van der Waals surface area contributed by atoms with E-state index in [1.807, 2.05) is 0 Å². The van der Waals surface area contributed by atoms with Crippen molar-refractivity contribution < 1.29 is 14.4 Å². The van der Waals surface area contributed by atoms with Gasteiger partial charge in [0.25, 0.3) is 11.8 Å². The molecule has 1 aromatic carbocycles. The summed E-state index contributed by atoms with van der Waals surface area (Å²) in [5, 5.41) is 5.84. The Morgan fingerprint density at radius 1 is 1.27 bits per heavy atom. The topological polar surface area (TPSA) is 91.4 Å². The van der Waals surface area contributed by atoms with Crippen LogP contribution in [0.25, 0.3) is 0 Å². The summed E-state index contributed by atoms with van der Waals surface area (Å²) in [6.45, 7) is 0.559. The minimum absolute atomic E-state index is 0.168. The van der Waals surface area contributed by atoms with Gasteiger partial charge >= 0.3 is 0 Å². The second-order valence-corrected chi connectivity index (χ2v) is 6.62. The molecule has 0 saturated carbocycles. The van der Waals surface area contributed by atoms with E-state index in [2.05, 4.69) is 15.6 Å². The third-order valence-electron chi connectivity index (χ3n) is 4.57. The first-order valence-electron chi connectivity index (χ1n) is 8.22. The monoisotopic (exact) mass is 370 g/mol. The fourth-order valence-corrected chi connectivity index (χ4v) is 3.39. The molecule has 2 N–H and O–H groups in total. The summed E-state index contributed by atoms with van der Waals surface area (Å²) >= 11 is 5.72. The highest BCUT2D eigenvalue weighted by Crippen LogP contribution is 2.30. The number of nitrogens with one attached hydrogen (secondary N) is 2. The van der Waals surface area contributed by atoms with Gasteiger partial charge in [-0.3, -0.25) is 14.4 Å². The van der Waals surface area contributed by atoms with E-state index < -0.39 is 6.04 Å². The van der Waals surface area contributed by atoms with Gasteiger partial charge in [-0.1, -0.05) is 11.6 Å². The van der Waals surface area contributed by atoms with Crippen molar-refractivity contribution in [2.45, 2.75) is 18.9 Å². The van der Waals surface area contributed by atoms with Crippen LogP contribution in [0.1, 0.15) is 33.6 Å². The molecule has 1 atom stereocenters. The van der Waals surface area contributed by atoms with E-state index in [0.717, 1.165) is 6.42 Å². The molecule has 7 nitrogen and oxygen atoms in total. The molecule has 0 bridgehead atoms. The molecule has 1 fully saturated rings. The number of aromatic nitrogens is 1. The molecule has 3 heterocycles. The highest BCUT2D eigenvalue weighted by atomic mass is 35.5. The van der Waals surface area contributed by atoms with Crippen LogP contribution >= 0.6 is 11.6 Å². The van der Waals surface area contributed by atoms with Crippen molar-refractivity contribution in [1.82, 2.24) is 9.88 Å². The number of pyridine rings is 1. The van der Waals surface area contributed by atoms with Crippen molar-refractivity contribution in [2.75, 3.05) is 17.2 Å². The number of halogens is 1. The van der Waals surface area contributed by atoms with Crippen LogP contribution in [0.3, 0.4) is 0 Å². The molecule has 26 heavy (non-hydrogen) atoms. The van der Waals surface area contributed by atoms with Gasteiger partial charge in [-0.25, -0.2) is 4.98 Å². The quantitative estimate of drug-likeness (QED) is 0.795. The van der Waals surface area contributed by atoms with E-state index in [0.29, 0.717) is 40.6 Å². The molecule has 2 aromatic rings. The van der Waals surface area contributed by atoms with Gasteiger partial charge in [0.2, 0.25) is 5.91 Å². The maximum absolute atomic E-state index is 12.8. The number of benzene rings is 1. The summed E-state index contributed by atoms with van der Waals surface area (Å²) in [7, 11) is 0. The van der Waals surface area contributed by atoms with Crippen LogP contribution in [0, 0.1) is 0 Å². The van der Waals surface area contributed by atoms with Crippen LogP contribution in [-0.2, 0) is 4.79 Å². The molecule has 1 unspecified atom stereocenters. The van der Waals surface area contributed by atoms with Crippen LogP contribution in [-0.4, -0.2) is 40.2 Å². The lowest BCUT2D eigenvalue weighted by Gasteiger charge is -2.20. The van der Waals surface area contributed by atoms with Gasteiger partial charge in [0.05, 0.1) is 16.8 Å².